The lowest BCUT2D eigenvalue weighted by molar-refractivity contribution is -0.145. The number of aromatic nitrogens is 2. The second kappa shape index (κ2) is 9.05. The van der Waals surface area contributed by atoms with E-state index in [9.17, 15) is 9.59 Å². The molecule has 1 aromatic heterocycles. The molecule has 0 bridgehead atoms. The molecule has 0 spiro atoms. The molecule has 0 fully saturated rings. The van der Waals surface area contributed by atoms with E-state index in [-0.39, 0.29) is 6.61 Å². The molecule has 1 atom stereocenters. The second-order valence-electron chi connectivity index (χ2n) is 6.68. The number of hydrogen-bond donors (Lipinski definition) is 1. The molecule has 0 radical (unpaired) electrons. The Balaban J connectivity index is 1.98. The summed E-state index contributed by atoms with van der Waals surface area (Å²) in [6, 6.07) is 16.7. The Labute approximate surface area is 174 Å². The van der Waals surface area contributed by atoms with Crippen LogP contribution in [0, 0.1) is 25.2 Å². The van der Waals surface area contributed by atoms with Crippen LogP contribution in [0.2, 0.25) is 0 Å². The molecule has 2 aromatic carbocycles. The normalized spacial score (nSPS) is 11.4. The maximum Gasteiger partial charge on any atom is 0.333 e. The number of benzene rings is 2. The molecule has 7 heteroatoms. The van der Waals surface area contributed by atoms with Crippen LogP contribution in [0.25, 0.3) is 5.69 Å². The second-order valence-corrected chi connectivity index (χ2v) is 6.68. The number of nitriles is 1. The van der Waals surface area contributed by atoms with Crippen LogP contribution in [-0.2, 0) is 9.53 Å². The van der Waals surface area contributed by atoms with Gasteiger partial charge < -0.3 is 10.1 Å². The van der Waals surface area contributed by atoms with E-state index >= 15 is 0 Å². The molecular formula is C23H22N4O3. The summed E-state index contributed by atoms with van der Waals surface area (Å²) in [6.45, 7) is 5.54. The van der Waals surface area contributed by atoms with E-state index in [4.69, 9.17) is 10.00 Å². The summed E-state index contributed by atoms with van der Waals surface area (Å²) in [4.78, 5) is 25.6. The molecule has 1 amide bonds. The molecule has 0 aliphatic carbocycles. The number of carbonyl (C=O) groups is 2. The van der Waals surface area contributed by atoms with Crippen molar-refractivity contribution in [2.75, 3.05) is 6.61 Å². The van der Waals surface area contributed by atoms with E-state index in [1.807, 2.05) is 43.3 Å². The van der Waals surface area contributed by atoms with Crippen molar-refractivity contribution in [3.63, 3.8) is 0 Å². The van der Waals surface area contributed by atoms with Gasteiger partial charge in [-0.05, 0) is 57.2 Å². The maximum absolute atomic E-state index is 12.8. The number of ether oxygens (including phenoxy) is 1. The van der Waals surface area contributed by atoms with Gasteiger partial charge in [-0.2, -0.15) is 10.4 Å². The van der Waals surface area contributed by atoms with Gasteiger partial charge in [-0.1, -0.05) is 18.2 Å². The van der Waals surface area contributed by atoms with E-state index < -0.39 is 17.9 Å². The number of para-hydroxylation sites is 1. The molecule has 30 heavy (non-hydrogen) atoms. The van der Waals surface area contributed by atoms with Gasteiger partial charge in [-0.3, -0.25) is 4.79 Å². The largest absolute Gasteiger partial charge is 0.464 e. The van der Waals surface area contributed by atoms with E-state index in [2.05, 4.69) is 10.4 Å². The molecule has 7 nitrogen and oxygen atoms in total. The van der Waals surface area contributed by atoms with Crippen LogP contribution in [0.15, 0.2) is 54.6 Å². The van der Waals surface area contributed by atoms with Gasteiger partial charge in [0.1, 0.15) is 0 Å². The van der Waals surface area contributed by atoms with Crippen molar-refractivity contribution >= 4 is 11.9 Å². The number of esters is 1. The topological polar surface area (TPSA) is 97.0 Å². The lowest BCUT2D eigenvalue weighted by Crippen LogP contribution is -2.35. The molecule has 0 aliphatic rings. The van der Waals surface area contributed by atoms with E-state index in [1.165, 1.54) is 0 Å². The predicted octanol–water partition coefficient (Wildman–Crippen LogP) is 3.40. The zero-order chi connectivity index (χ0) is 21.7. The van der Waals surface area contributed by atoms with Gasteiger partial charge in [0, 0.05) is 16.8 Å². The standard InChI is InChI=1S/C23H22N4O3/c1-4-30-23(29)21(25-22(28)18-12-10-17(14-24)11-13-18)20-15(2)26-27(16(20)3)19-8-6-5-7-9-19/h5-13,21H,4H2,1-3H3,(H,25,28)/t21-/m0/s1. The first-order valence-electron chi connectivity index (χ1n) is 9.55. The zero-order valence-electron chi connectivity index (χ0n) is 17.0. The van der Waals surface area contributed by atoms with Crippen molar-refractivity contribution in [2.24, 2.45) is 0 Å². The Kier molecular flexibility index (Phi) is 6.28. The molecule has 152 valence electrons. The van der Waals surface area contributed by atoms with E-state index in [0.29, 0.717) is 22.4 Å². The summed E-state index contributed by atoms with van der Waals surface area (Å²) in [5.74, 6) is -0.998. The van der Waals surface area contributed by atoms with Crippen LogP contribution in [0.3, 0.4) is 0 Å². The summed E-state index contributed by atoms with van der Waals surface area (Å²) in [5, 5.41) is 16.3. The molecule has 1 N–H and O–H groups in total. The fraction of sp³-hybridized carbons (Fsp3) is 0.217. The highest BCUT2D eigenvalue weighted by atomic mass is 16.5. The van der Waals surface area contributed by atoms with Gasteiger partial charge in [0.05, 0.1) is 29.6 Å². The molecule has 3 rings (SSSR count). The third kappa shape index (κ3) is 4.23. The fourth-order valence-corrected chi connectivity index (χ4v) is 3.28. The minimum Gasteiger partial charge on any atom is -0.464 e. The molecule has 0 saturated carbocycles. The van der Waals surface area contributed by atoms with Crippen molar-refractivity contribution in [3.8, 4) is 11.8 Å². The lowest BCUT2D eigenvalue weighted by atomic mass is 10.0. The molecular weight excluding hydrogens is 380 g/mol. The summed E-state index contributed by atoms with van der Waals surface area (Å²) in [6.07, 6.45) is 0. The summed E-state index contributed by atoms with van der Waals surface area (Å²) < 4.78 is 6.96. The summed E-state index contributed by atoms with van der Waals surface area (Å²) in [7, 11) is 0. The van der Waals surface area contributed by atoms with Gasteiger partial charge in [0.25, 0.3) is 5.91 Å². The highest BCUT2D eigenvalue weighted by Crippen LogP contribution is 2.26. The van der Waals surface area contributed by atoms with Crippen molar-refractivity contribution in [2.45, 2.75) is 26.8 Å². The smallest absolute Gasteiger partial charge is 0.333 e. The van der Waals surface area contributed by atoms with Gasteiger partial charge in [-0.25, -0.2) is 9.48 Å². The number of aryl methyl sites for hydroxylation is 1. The van der Waals surface area contributed by atoms with Gasteiger partial charge >= 0.3 is 5.97 Å². The lowest BCUT2D eigenvalue weighted by Gasteiger charge is -2.18. The van der Waals surface area contributed by atoms with Crippen molar-refractivity contribution in [3.05, 3.63) is 82.7 Å². The van der Waals surface area contributed by atoms with E-state index in [1.54, 1.807) is 42.8 Å². The third-order valence-corrected chi connectivity index (χ3v) is 4.71. The van der Waals surface area contributed by atoms with Crippen molar-refractivity contribution < 1.29 is 14.3 Å². The van der Waals surface area contributed by atoms with Crippen LogP contribution in [-0.4, -0.2) is 28.3 Å². The summed E-state index contributed by atoms with van der Waals surface area (Å²) in [5.41, 5.74) is 3.59. The van der Waals surface area contributed by atoms with Gasteiger partial charge in [0.2, 0.25) is 0 Å². The molecule has 0 saturated heterocycles. The van der Waals surface area contributed by atoms with Gasteiger partial charge in [0.15, 0.2) is 6.04 Å². The minimum atomic E-state index is -1.01. The SMILES string of the molecule is CCOC(=O)[C@@H](NC(=O)c1ccc(C#N)cc1)c1c(C)nn(-c2ccccc2)c1C. The minimum absolute atomic E-state index is 0.187. The number of carbonyl (C=O) groups excluding carboxylic acids is 2. The first-order valence-corrected chi connectivity index (χ1v) is 9.55. The number of nitrogens with zero attached hydrogens (tertiary/aromatic N) is 3. The van der Waals surface area contributed by atoms with Crippen LogP contribution < -0.4 is 5.32 Å². The van der Waals surface area contributed by atoms with Crippen molar-refractivity contribution in [1.82, 2.24) is 15.1 Å². The quantitative estimate of drug-likeness (QED) is 0.638. The Bertz CT molecular complexity index is 1100. The average Bonchev–Trinajstić information content (AvgIpc) is 3.06. The van der Waals surface area contributed by atoms with Crippen LogP contribution in [0.5, 0.6) is 0 Å². The highest BCUT2D eigenvalue weighted by molar-refractivity contribution is 5.97. The monoisotopic (exact) mass is 402 g/mol. The number of rotatable bonds is 6. The van der Waals surface area contributed by atoms with E-state index in [0.717, 1.165) is 11.4 Å². The zero-order valence-corrected chi connectivity index (χ0v) is 17.0. The Hall–Kier alpha value is -3.92. The first-order chi connectivity index (χ1) is 14.5. The fourth-order valence-electron chi connectivity index (χ4n) is 3.28. The Morgan fingerprint density at radius 1 is 1.13 bits per heavy atom. The highest BCUT2D eigenvalue weighted by Gasteiger charge is 2.30. The maximum atomic E-state index is 12.8. The molecule has 1 heterocycles. The Morgan fingerprint density at radius 3 is 2.40 bits per heavy atom. The van der Waals surface area contributed by atoms with Crippen LogP contribution >= 0.6 is 0 Å². The van der Waals surface area contributed by atoms with Crippen LogP contribution in [0.1, 0.15) is 45.8 Å². The van der Waals surface area contributed by atoms with Crippen molar-refractivity contribution in [1.29, 1.82) is 5.26 Å². The van der Waals surface area contributed by atoms with Gasteiger partial charge in [-0.15, -0.1) is 0 Å². The molecule has 3 aromatic rings. The number of amides is 1. The predicted molar refractivity (Wildman–Crippen MR) is 111 cm³/mol. The third-order valence-electron chi connectivity index (χ3n) is 4.71. The molecule has 0 unspecified atom stereocenters. The number of hydrogen-bond acceptors (Lipinski definition) is 5. The van der Waals surface area contributed by atoms with Crippen LogP contribution in [0.4, 0.5) is 0 Å². The summed E-state index contributed by atoms with van der Waals surface area (Å²) >= 11 is 0. The first kappa shape index (κ1) is 20.8. The number of nitrogens with one attached hydrogen (secondary N) is 1. The molecule has 0 aliphatic heterocycles. The Morgan fingerprint density at radius 2 is 1.80 bits per heavy atom. The average molecular weight is 402 g/mol.